The number of halogens is 2. The van der Waals surface area contributed by atoms with Gasteiger partial charge < -0.3 is 40.3 Å². The number of amides is 3. The van der Waals surface area contributed by atoms with Crippen molar-refractivity contribution >= 4 is 66.6 Å². The van der Waals surface area contributed by atoms with Gasteiger partial charge in [-0.1, -0.05) is 35.2 Å². The van der Waals surface area contributed by atoms with E-state index in [2.05, 4.69) is 119 Å². The van der Waals surface area contributed by atoms with E-state index in [4.69, 9.17) is 4.74 Å². The predicted octanol–water partition coefficient (Wildman–Crippen LogP) is 11.0. The standard InChI is InChI=1S/C20H24N4O2.C16H18N4O2.C14H16BrNO2.C8H18N2.C4H7Br.C2H3N3/c1-13-5-8-16-17(23(13)20(25)14-6-7-14)9-10-18(24-21-11-12-22-24)19(16)26-15-3-2-4-15;1-10-2-5-12-13(19(10)16(22)11-3-4-11)6-7-14(15(12)21)20-17-8-9-18-20;1-8-2-5-10-12(7-6-11(15)13(10)17)16(8)14(18)9-3-4-9;1-9-7-5-3-4-6-8(7)10-2;5-4-2-1-3-4;1-2-4-5-3-1/h9-15H,2-8H2,1H3;6-11,21H,2-5H2,1H3;6-9,17H,2-5H2,1H3;7-10H,3-6H2,1-2H3;4H,1-3H2;1-2H,(H,3,4,5)/t13-;10-;8-;7-,8-;;/m0001../s1. The summed E-state index contributed by atoms with van der Waals surface area (Å²) in [5.41, 5.74) is 7.03. The van der Waals surface area contributed by atoms with Crippen LogP contribution in [0.15, 0.2) is 78.1 Å². The number of nitrogens with zero attached hydrogens (tertiary/aromatic N) is 11. The molecule has 3 aliphatic heterocycles. The quantitative estimate of drug-likeness (QED) is 0.0847. The van der Waals surface area contributed by atoms with Crippen LogP contribution in [0.1, 0.15) is 159 Å². The molecule has 462 valence electrons. The molecule has 20 nitrogen and oxygen atoms in total. The van der Waals surface area contributed by atoms with E-state index >= 15 is 0 Å². The second-order valence-corrected chi connectivity index (χ2v) is 26.6. The first kappa shape index (κ1) is 62.8. The zero-order chi connectivity index (χ0) is 60.4. The highest BCUT2D eigenvalue weighted by molar-refractivity contribution is 9.10. The Hall–Kier alpha value is -6.23. The summed E-state index contributed by atoms with van der Waals surface area (Å²) in [6, 6.07) is 13.5. The normalized spacial score (nSPS) is 22.9. The summed E-state index contributed by atoms with van der Waals surface area (Å²) in [6.07, 6.45) is 34.3. The largest absolute Gasteiger partial charge is 0.506 e. The third kappa shape index (κ3) is 15.0. The lowest BCUT2D eigenvalue weighted by molar-refractivity contribution is -0.121. The van der Waals surface area contributed by atoms with Crippen LogP contribution in [0, 0.1) is 17.8 Å². The summed E-state index contributed by atoms with van der Waals surface area (Å²) in [4.78, 5) is 47.5. The van der Waals surface area contributed by atoms with E-state index in [9.17, 15) is 24.6 Å². The van der Waals surface area contributed by atoms with Crippen LogP contribution in [-0.2, 0) is 33.6 Å². The van der Waals surface area contributed by atoms with Gasteiger partial charge in [-0.15, -0.1) is 9.59 Å². The molecule has 0 saturated heterocycles. The van der Waals surface area contributed by atoms with E-state index in [0.29, 0.717) is 22.2 Å². The van der Waals surface area contributed by atoms with Crippen molar-refractivity contribution < 1.29 is 29.3 Å². The fourth-order valence-electron chi connectivity index (χ4n) is 12.1. The zero-order valence-electron chi connectivity index (χ0n) is 50.5. The van der Waals surface area contributed by atoms with Gasteiger partial charge in [0.05, 0.1) is 64.8 Å². The summed E-state index contributed by atoms with van der Waals surface area (Å²) < 4.78 is 7.11. The minimum atomic E-state index is 0.169. The van der Waals surface area contributed by atoms with E-state index in [1.54, 1.807) is 48.0 Å². The number of hydrogen-bond acceptors (Lipinski definition) is 14. The number of phenolic OH excluding ortho intramolecular Hbond substituents is 2. The monoisotopic (exact) mass is 1300 g/mol. The molecule has 6 aromatic rings. The number of rotatable bonds is 9. The third-order valence-electron chi connectivity index (χ3n) is 18.2. The van der Waals surface area contributed by atoms with Crippen LogP contribution in [0.2, 0.25) is 0 Å². The molecule has 3 aromatic heterocycles. The molecule has 3 amide bonds. The first-order valence-corrected chi connectivity index (χ1v) is 33.2. The molecule has 0 radical (unpaired) electrons. The first-order chi connectivity index (χ1) is 41.8. The summed E-state index contributed by atoms with van der Waals surface area (Å²) in [5.74, 6) is 2.62. The van der Waals surface area contributed by atoms with Crippen molar-refractivity contribution in [2.75, 3.05) is 28.8 Å². The molecule has 3 aromatic carbocycles. The van der Waals surface area contributed by atoms with Crippen molar-refractivity contribution in [1.29, 1.82) is 0 Å². The maximum atomic E-state index is 12.9. The van der Waals surface area contributed by atoms with Crippen molar-refractivity contribution in [2.45, 2.75) is 203 Å². The van der Waals surface area contributed by atoms with E-state index in [1.165, 1.54) is 56.2 Å². The smallest absolute Gasteiger partial charge is 0.230 e. The number of fused-ring (bicyclic) bond motifs is 3. The first-order valence-electron chi connectivity index (χ1n) is 31.4. The van der Waals surface area contributed by atoms with Crippen molar-refractivity contribution in [2.24, 2.45) is 17.8 Å². The number of alkyl halides is 1. The highest BCUT2D eigenvalue weighted by Gasteiger charge is 2.42. The number of ether oxygens (including phenoxy) is 1. The lowest BCUT2D eigenvalue weighted by Crippen LogP contribution is -2.47. The molecule has 6 fully saturated rings. The number of benzene rings is 3. The molecule has 0 unspecified atom stereocenters. The number of aromatic nitrogens is 9. The fraction of sp³-hybridized carbons (Fsp3) is 0.578. The third-order valence-corrected chi connectivity index (χ3v) is 19.7. The van der Waals surface area contributed by atoms with Gasteiger partial charge in [0.25, 0.3) is 0 Å². The predicted molar refractivity (Wildman–Crippen MR) is 340 cm³/mol. The Morgan fingerprint density at radius 2 is 0.884 bits per heavy atom. The van der Waals surface area contributed by atoms with Gasteiger partial charge in [0.2, 0.25) is 17.7 Å². The molecule has 6 saturated carbocycles. The summed E-state index contributed by atoms with van der Waals surface area (Å²) in [6.45, 7) is 6.31. The van der Waals surface area contributed by atoms with Crippen molar-refractivity contribution in [3.8, 4) is 28.6 Å². The molecule has 0 spiro atoms. The zero-order valence-corrected chi connectivity index (χ0v) is 53.6. The Labute approximate surface area is 522 Å². The maximum Gasteiger partial charge on any atom is 0.230 e. The summed E-state index contributed by atoms with van der Waals surface area (Å²) in [7, 11) is 4.11. The van der Waals surface area contributed by atoms with Crippen LogP contribution in [0.5, 0.6) is 17.2 Å². The van der Waals surface area contributed by atoms with Crippen molar-refractivity contribution in [3.05, 3.63) is 94.7 Å². The Morgan fingerprint density at radius 1 is 0.500 bits per heavy atom. The second kappa shape index (κ2) is 29.2. The fourth-order valence-corrected chi connectivity index (χ4v) is 13.1. The number of carbonyl (C=O) groups excluding carboxylic acids is 3. The average molecular weight is 1310 g/mol. The average Bonchev–Trinajstić information content (AvgIpc) is 1.38. The van der Waals surface area contributed by atoms with Gasteiger partial charge in [0.1, 0.15) is 22.9 Å². The Balaban J connectivity index is 0.000000124. The Kier molecular flexibility index (Phi) is 21.3. The van der Waals surface area contributed by atoms with E-state index in [-0.39, 0.29) is 71.2 Å². The number of carbonyl (C=O) groups is 3. The topological polar surface area (TPSA) is 238 Å². The van der Waals surface area contributed by atoms with Crippen molar-refractivity contribution in [3.63, 3.8) is 0 Å². The Morgan fingerprint density at radius 3 is 1.27 bits per heavy atom. The van der Waals surface area contributed by atoms with E-state index in [0.717, 1.165) is 140 Å². The van der Waals surface area contributed by atoms with E-state index < -0.39 is 0 Å². The molecule has 15 rings (SSSR count). The highest BCUT2D eigenvalue weighted by atomic mass is 79.9. The summed E-state index contributed by atoms with van der Waals surface area (Å²) in [5, 5.41) is 53.5. The van der Waals surface area contributed by atoms with Crippen molar-refractivity contribution in [1.82, 2.24) is 56.0 Å². The number of anilines is 3. The molecular weight excluding hydrogens is 1220 g/mol. The maximum absolute atomic E-state index is 12.9. The molecule has 6 heterocycles. The minimum absolute atomic E-state index is 0.169. The molecule has 0 bridgehead atoms. The van der Waals surface area contributed by atoms with Gasteiger partial charge in [-0.3, -0.25) is 14.4 Å². The molecule has 9 aliphatic rings. The number of phenols is 2. The molecular formula is C64H86Br2N14O6. The van der Waals surface area contributed by atoms with Crippen LogP contribution in [0.4, 0.5) is 17.1 Å². The number of likely N-dealkylation sites (N-methyl/N-ethyl adjacent to an activating group) is 2. The number of aromatic amines is 1. The van der Waals surface area contributed by atoms with Gasteiger partial charge in [0, 0.05) is 69.5 Å². The summed E-state index contributed by atoms with van der Waals surface area (Å²) >= 11 is 6.79. The van der Waals surface area contributed by atoms with Gasteiger partial charge in [0.15, 0.2) is 5.75 Å². The van der Waals surface area contributed by atoms with Crippen LogP contribution in [-0.4, -0.2) is 129 Å². The van der Waals surface area contributed by atoms with Gasteiger partial charge in [-0.05, 0) is 209 Å². The number of hydrogen-bond donors (Lipinski definition) is 5. The van der Waals surface area contributed by atoms with Crippen LogP contribution >= 0.6 is 31.9 Å². The number of H-pyrrole nitrogens is 1. The molecule has 5 N–H and O–H groups in total. The van der Waals surface area contributed by atoms with Crippen LogP contribution < -0.4 is 30.1 Å². The van der Waals surface area contributed by atoms with E-state index in [1.807, 2.05) is 39.0 Å². The van der Waals surface area contributed by atoms with Gasteiger partial charge in [-0.2, -0.15) is 35.8 Å². The molecule has 22 heteroatoms. The van der Waals surface area contributed by atoms with Crippen LogP contribution in [0.3, 0.4) is 0 Å². The lowest BCUT2D eigenvalue weighted by atomic mass is 9.91. The van der Waals surface area contributed by atoms with Gasteiger partial charge in [-0.25, -0.2) is 0 Å². The lowest BCUT2D eigenvalue weighted by Gasteiger charge is -2.37. The molecule has 6 aliphatic carbocycles. The Bertz CT molecular complexity index is 3150. The second-order valence-electron chi connectivity index (χ2n) is 24.4. The SMILES string of the molecule is BrC1CCC1.CN[C@@H]1CCCC[C@H]1NC.C[C@H]1CCc2c(ccc(-n3nccn3)c2O)N1C(=O)C1CC1.C[C@H]1CCc2c(ccc(-n3nccn3)c2OC2CCC2)N1C(=O)C1CC1.C[C@H]1CCc2c(ccc(Br)c2O)N1C(=O)C1CC1.c1cn[nH]n1. The highest BCUT2D eigenvalue weighted by Crippen LogP contribution is 2.47. The number of aromatic hydroxyl groups is 2. The minimum Gasteiger partial charge on any atom is -0.506 e. The molecule has 86 heavy (non-hydrogen) atoms. The number of nitrogens with one attached hydrogen (secondary N) is 3. The van der Waals surface area contributed by atoms with Crippen LogP contribution in [0.25, 0.3) is 11.4 Å². The van der Waals surface area contributed by atoms with Gasteiger partial charge >= 0.3 is 0 Å². The molecule has 5 atom stereocenters.